The van der Waals surface area contributed by atoms with E-state index >= 15 is 0 Å². The van der Waals surface area contributed by atoms with Gasteiger partial charge in [0.2, 0.25) is 0 Å². The van der Waals surface area contributed by atoms with Gasteiger partial charge in [-0.1, -0.05) is 160 Å². The van der Waals surface area contributed by atoms with Crippen LogP contribution < -0.4 is 9.30 Å². The number of pyridine rings is 1. The van der Waals surface area contributed by atoms with Crippen LogP contribution in [0.25, 0.3) is 128 Å². The largest absolute Gasteiger partial charge is 0.510 e. The standard InChI is InChI=1S/C72H50N4O2.Pt/c1-44-17-14-18-45(2)69(44)47-38-62-56-24-9-7-22-54(56)53-21-6-8-23-55(53)60-28-16-27-52(46-31-34-67-61(37-46)59-26-11-13-30-66(59)78-67)70(60)75-43-74(65(39-47)71(62)75)49-19-15-20-50(41-49)77-51-32-33-58-57-25-10-12-29-63(57)76(64(58)42-51)68-40-48(35-36-73-68)72(3,4)5;/h6-40H,1-5H3;/q-2;/i1D3,2D3;. The minimum Gasteiger partial charge on any atom is -0.510 e. The van der Waals surface area contributed by atoms with Crippen molar-refractivity contribution in [2.24, 2.45) is 0 Å². The molecule has 0 bridgehead atoms. The predicted molar refractivity (Wildman–Crippen MR) is 316 cm³/mol. The summed E-state index contributed by atoms with van der Waals surface area (Å²) in [5.74, 6) is 1.64. The van der Waals surface area contributed by atoms with Crippen LogP contribution in [0, 0.1) is 32.2 Å². The second-order valence-electron chi connectivity index (χ2n) is 21.1. The fourth-order valence-electron chi connectivity index (χ4n) is 11.7. The molecule has 0 N–H and O–H groups in total. The first-order valence-electron chi connectivity index (χ1n) is 29.1. The van der Waals surface area contributed by atoms with Gasteiger partial charge in [0.15, 0.2) is 0 Å². The van der Waals surface area contributed by atoms with E-state index < -0.39 is 13.7 Å². The van der Waals surface area contributed by atoms with Crippen LogP contribution in [0.1, 0.15) is 45.7 Å². The third kappa shape index (κ3) is 7.80. The smallest absolute Gasteiger partial charge is 0.268 e. The van der Waals surface area contributed by atoms with Gasteiger partial charge in [-0.2, -0.15) is 18.2 Å². The molecular weight excluding hydrogens is 1150 g/mol. The number of nitrogens with zero attached hydrogens (tertiary/aromatic N) is 4. The number of ether oxygens (including phenoxy) is 1. The fourth-order valence-corrected chi connectivity index (χ4v) is 11.7. The molecule has 0 fully saturated rings. The Morgan fingerprint density at radius 2 is 1.19 bits per heavy atom. The molecule has 0 atom stereocenters. The Morgan fingerprint density at radius 3 is 1.97 bits per heavy atom. The fraction of sp³-hybridized carbons (Fsp3) is 0.0833. The van der Waals surface area contributed by atoms with Gasteiger partial charge in [-0.25, -0.2) is 4.98 Å². The van der Waals surface area contributed by atoms with E-state index in [-0.39, 0.29) is 43.2 Å². The average molecular weight is 1200 g/mol. The Balaban J connectivity index is 0.00000640. The summed E-state index contributed by atoms with van der Waals surface area (Å²) < 4.78 is 72.5. The maximum absolute atomic E-state index is 8.86. The van der Waals surface area contributed by atoms with E-state index in [1.165, 1.54) is 18.2 Å². The third-order valence-electron chi connectivity index (χ3n) is 15.4. The van der Waals surface area contributed by atoms with Crippen molar-refractivity contribution in [2.75, 3.05) is 0 Å². The Labute approximate surface area is 481 Å². The zero-order valence-corrected chi connectivity index (χ0v) is 45.4. The topological polar surface area (TPSA) is 49.0 Å². The molecule has 0 aliphatic carbocycles. The summed E-state index contributed by atoms with van der Waals surface area (Å²) in [7, 11) is 0. The van der Waals surface area contributed by atoms with E-state index in [4.69, 9.17) is 22.4 Å². The van der Waals surface area contributed by atoms with Gasteiger partial charge in [0.25, 0.3) is 6.33 Å². The summed E-state index contributed by atoms with van der Waals surface area (Å²) in [6, 6.07) is 75.1. The maximum Gasteiger partial charge on any atom is 0.268 e. The first-order chi connectivity index (χ1) is 40.5. The average Bonchev–Trinajstić information content (AvgIpc) is 2.05. The summed E-state index contributed by atoms with van der Waals surface area (Å²) in [6.45, 7) is 1.24. The van der Waals surface area contributed by atoms with Crippen LogP contribution in [0.3, 0.4) is 0 Å². The number of rotatable bonds is 6. The van der Waals surface area contributed by atoms with Crippen LogP contribution in [-0.2, 0) is 26.5 Å². The van der Waals surface area contributed by atoms with Gasteiger partial charge in [0.1, 0.15) is 17.0 Å². The number of benzene rings is 10. The number of para-hydroxylation sites is 3. The number of aryl methyl sites for hydroxylation is 2. The van der Waals surface area contributed by atoms with Crippen molar-refractivity contribution in [1.29, 1.82) is 0 Å². The summed E-state index contributed by atoms with van der Waals surface area (Å²) in [5, 5.41) is 4.05. The molecule has 14 aromatic rings. The second kappa shape index (κ2) is 18.5. The van der Waals surface area contributed by atoms with E-state index in [2.05, 4.69) is 145 Å². The molecule has 7 heteroatoms. The molecule has 4 aromatic heterocycles. The number of aromatic nitrogens is 4. The van der Waals surface area contributed by atoms with Gasteiger partial charge in [-0.05, 0) is 145 Å². The summed E-state index contributed by atoms with van der Waals surface area (Å²) in [4.78, 5) is 4.88. The van der Waals surface area contributed by atoms with Crippen molar-refractivity contribution in [3.8, 4) is 84.3 Å². The minimum absolute atomic E-state index is 0. The Kier molecular flexibility index (Phi) is 9.86. The molecule has 0 unspecified atom stereocenters. The van der Waals surface area contributed by atoms with Crippen molar-refractivity contribution in [3.63, 3.8) is 0 Å². The zero-order chi connectivity index (χ0) is 57.4. The van der Waals surface area contributed by atoms with Gasteiger partial charge < -0.3 is 18.3 Å². The molecule has 79 heavy (non-hydrogen) atoms. The van der Waals surface area contributed by atoms with Gasteiger partial charge in [0, 0.05) is 63.3 Å². The minimum atomic E-state index is -2.67. The molecule has 5 heterocycles. The van der Waals surface area contributed by atoms with E-state index in [1.807, 2.05) is 102 Å². The van der Waals surface area contributed by atoms with E-state index in [1.54, 1.807) is 0 Å². The zero-order valence-electron chi connectivity index (χ0n) is 49.1. The Hall–Kier alpha value is -9.09. The summed E-state index contributed by atoms with van der Waals surface area (Å²) in [6.07, 6.45) is 5.72. The van der Waals surface area contributed by atoms with Crippen molar-refractivity contribution in [1.82, 2.24) is 14.1 Å². The molecule has 6 nitrogen and oxygen atoms in total. The number of hydrogen-bond acceptors (Lipinski definition) is 3. The monoisotopic (exact) mass is 1200 g/mol. The first-order valence-corrected chi connectivity index (χ1v) is 26.1. The van der Waals surface area contributed by atoms with Gasteiger partial charge in [0.05, 0.1) is 16.7 Å². The van der Waals surface area contributed by atoms with E-state index in [9.17, 15) is 0 Å². The number of furan rings is 1. The maximum atomic E-state index is 8.86. The van der Waals surface area contributed by atoms with E-state index in [0.717, 1.165) is 111 Å². The van der Waals surface area contributed by atoms with Crippen LogP contribution in [-0.4, -0.2) is 14.1 Å². The number of fused-ring (bicyclic) bond motifs is 13. The molecule has 10 aromatic carbocycles. The van der Waals surface area contributed by atoms with Gasteiger partial charge in [-0.15, -0.1) is 29.7 Å². The molecule has 0 saturated heterocycles. The van der Waals surface area contributed by atoms with E-state index in [0.29, 0.717) is 28.3 Å². The molecule has 0 spiro atoms. The summed E-state index contributed by atoms with van der Waals surface area (Å²) >= 11 is 0. The second-order valence-corrected chi connectivity index (χ2v) is 21.1. The van der Waals surface area contributed by atoms with Crippen LogP contribution in [0.15, 0.2) is 217 Å². The van der Waals surface area contributed by atoms with Crippen LogP contribution in [0.5, 0.6) is 11.5 Å². The van der Waals surface area contributed by atoms with Gasteiger partial charge >= 0.3 is 0 Å². The van der Waals surface area contributed by atoms with Crippen molar-refractivity contribution in [2.45, 2.75) is 39.9 Å². The molecule has 0 radical (unpaired) electrons. The van der Waals surface area contributed by atoms with Crippen molar-refractivity contribution < 1.29 is 43.0 Å². The molecule has 382 valence electrons. The summed E-state index contributed by atoms with van der Waals surface area (Å²) in [5.41, 5.74) is 14.8. The van der Waals surface area contributed by atoms with Gasteiger partial charge in [-0.3, -0.25) is 4.57 Å². The third-order valence-corrected chi connectivity index (χ3v) is 15.4. The van der Waals surface area contributed by atoms with Crippen molar-refractivity contribution >= 4 is 54.8 Å². The van der Waals surface area contributed by atoms with Crippen molar-refractivity contribution in [3.05, 3.63) is 248 Å². The molecule has 0 amide bonds. The number of imidazole rings is 1. The Bertz CT molecular complexity index is 5010. The van der Waals surface area contributed by atoms with Crippen LogP contribution in [0.4, 0.5) is 0 Å². The molecule has 1 aliphatic heterocycles. The van der Waals surface area contributed by atoms with Crippen LogP contribution >= 0.6 is 0 Å². The SMILES string of the molecule is [2H]C([2H])([2H])c1cccc(C([2H])([2H])[2H])c1-c1cc2c3c(c1)n(-c1[c-]c(Oc4[c-]c5c(cc4)c4ccccc4n5-c4cc(C(C)(C)C)ccn4)ccc1)[c-][n+]3-c1c(-c3ccc4oc5ccccc5c4c3)cccc1-c1ccccc1-c1ccccc1-2.[Pt]. The molecular formula is C72H50N4O2Pt-2. The first kappa shape index (κ1) is 42.0. The molecule has 0 saturated carbocycles. The Morgan fingerprint density at radius 1 is 0.532 bits per heavy atom. The molecule has 15 rings (SSSR count). The quantitative estimate of drug-likeness (QED) is 0.123. The normalized spacial score (nSPS) is 13.5. The molecule has 1 aliphatic rings. The van der Waals surface area contributed by atoms with Crippen LogP contribution in [0.2, 0.25) is 0 Å². The predicted octanol–water partition coefficient (Wildman–Crippen LogP) is 18.1. The number of hydrogen-bond donors (Lipinski definition) is 0.